The Labute approximate surface area is 74.0 Å². The van der Waals surface area contributed by atoms with Gasteiger partial charge in [-0.25, -0.2) is 0 Å². The predicted molar refractivity (Wildman–Crippen MR) is 47.9 cm³/mol. The minimum Gasteiger partial charge on any atom is -0.396 e. The Morgan fingerprint density at radius 3 is 2.67 bits per heavy atom. The Kier molecular flexibility index (Phi) is 3.09. The van der Waals surface area contributed by atoms with Crippen molar-refractivity contribution in [2.24, 2.45) is 5.41 Å². The molecule has 1 aliphatic rings. The number of hydrogen-bond donors (Lipinski definition) is 2. The van der Waals surface area contributed by atoms with Crippen LogP contribution in [-0.2, 0) is 0 Å². The quantitative estimate of drug-likeness (QED) is 0.621. The second-order valence-electron chi connectivity index (χ2n) is 3.97. The van der Waals surface area contributed by atoms with Crippen LogP contribution in [0.1, 0.15) is 20.3 Å². The first-order valence-electron chi connectivity index (χ1n) is 4.63. The Bertz CT molecular complexity index is 151. The minimum absolute atomic E-state index is 0.0890. The summed E-state index contributed by atoms with van der Waals surface area (Å²) in [7, 11) is 0. The van der Waals surface area contributed by atoms with Crippen LogP contribution in [0.2, 0.25) is 0 Å². The number of aliphatic hydroxyl groups is 2. The number of aliphatic hydroxyl groups excluding tert-OH is 2. The van der Waals surface area contributed by atoms with Gasteiger partial charge in [-0.2, -0.15) is 0 Å². The van der Waals surface area contributed by atoms with Gasteiger partial charge < -0.3 is 15.1 Å². The van der Waals surface area contributed by atoms with Gasteiger partial charge in [-0.05, 0) is 19.5 Å². The average molecular weight is 173 g/mol. The zero-order valence-electron chi connectivity index (χ0n) is 7.95. The topological polar surface area (TPSA) is 43.7 Å². The molecule has 2 atom stereocenters. The highest BCUT2D eigenvalue weighted by molar-refractivity contribution is 4.88. The predicted octanol–water partition coefficient (Wildman–Crippen LogP) is 0.0715. The third-order valence-electron chi connectivity index (χ3n) is 3.04. The standard InChI is InChI=1S/C9H19NO2/c1-3-10-5-4-9(2,7-11)8(12)6-10/h8,11-12H,3-7H2,1-2H3/t8-,9+/m1/s1. The summed E-state index contributed by atoms with van der Waals surface area (Å²) in [4.78, 5) is 2.21. The molecule has 1 rings (SSSR count). The molecule has 0 spiro atoms. The summed E-state index contributed by atoms with van der Waals surface area (Å²) in [5.74, 6) is 0. The number of hydrogen-bond acceptors (Lipinski definition) is 3. The fraction of sp³-hybridized carbons (Fsp3) is 1.00. The smallest absolute Gasteiger partial charge is 0.0742 e. The van der Waals surface area contributed by atoms with Gasteiger partial charge in [-0.15, -0.1) is 0 Å². The monoisotopic (exact) mass is 173 g/mol. The SMILES string of the molecule is CCN1CC[C@@](C)(CO)[C@H](O)C1. The van der Waals surface area contributed by atoms with Crippen molar-refractivity contribution in [3.05, 3.63) is 0 Å². The van der Waals surface area contributed by atoms with Crippen LogP contribution in [0.25, 0.3) is 0 Å². The lowest BCUT2D eigenvalue weighted by atomic mass is 9.79. The summed E-state index contributed by atoms with van der Waals surface area (Å²) in [6.45, 7) is 6.81. The highest BCUT2D eigenvalue weighted by Crippen LogP contribution is 2.30. The first-order valence-corrected chi connectivity index (χ1v) is 4.63. The van der Waals surface area contributed by atoms with Gasteiger partial charge in [0.2, 0.25) is 0 Å². The molecule has 0 aromatic carbocycles. The summed E-state index contributed by atoms with van der Waals surface area (Å²) in [5, 5.41) is 18.8. The molecule has 0 unspecified atom stereocenters. The van der Waals surface area contributed by atoms with Gasteiger partial charge >= 0.3 is 0 Å². The summed E-state index contributed by atoms with van der Waals surface area (Å²) < 4.78 is 0. The molecular weight excluding hydrogens is 154 g/mol. The lowest BCUT2D eigenvalue weighted by Gasteiger charge is -2.41. The first kappa shape index (κ1) is 9.96. The van der Waals surface area contributed by atoms with Gasteiger partial charge in [0, 0.05) is 12.0 Å². The molecular formula is C9H19NO2. The van der Waals surface area contributed by atoms with Crippen molar-refractivity contribution >= 4 is 0 Å². The molecule has 1 saturated heterocycles. The normalized spacial score (nSPS) is 38.5. The van der Waals surface area contributed by atoms with Gasteiger partial charge in [0.1, 0.15) is 0 Å². The van der Waals surface area contributed by atoms with Gasteiger partial charge in [0.25, 0.3) is 0 Å². The van der Waals surface area contributed by atoms with Crippen LogP contribution in [0.3, 0.4) is 0 Å². The van der Waals surface area contributed by atoms with Crippen molar-refractivity contribution in [2.75, 3.05) is 26.2 Å². The van der Waals surface area contributed by atoms with Crippen LogP contribution in [0, 0.1) is 5.41 Å². The van der Waals surface area contributed by atoms with Crippen molar-refractivity contribution in [1.82, 2.24) is 4.90 Å². The van der Waals surface area contributed by atoms with Crippen molar-refractivity contribution in [3.63, 3.8) is 0 Å². The molecule has 72 valence electrons. The molecule has 3 nitrogen and oxygen atoms in total. The fourth-order valence-corrected chi connectivity index (χ4v) is 1.61. The van der Waals surface area contributed by atoms with Crippen molar-refractivity contribution in [2.45, 2.75) is 26.4 Å². The molecule has 1 fully saturated rings. The van der Waals surface area contributed by atoms with E-state index in [1.54, 1.807) is 0 Å². The Balaban J connectivity index is 2.53. The van der Waals surface area contributed by atoms with Crippen molar-refractivity contribution in [1.29, 1.82) is 0 Å². The van der Waals surface area contributed by atoms with Gasteiger partial charge in [-0.1, -0.05) is 13.8 Å². The van der Waals surface area contributed by atoms with E-state index in [2.05, 4.69) is 11.8 Å². The lowest BCUT2D eigenvalue weighted by Crippen LogP contribution is -2.51. The maximum atomic E-state index is 9.73. The molecule has 0 aromatic heterocycles. The highest BCUT2D eigenvalue weighted by atomic mass is 16.3. The van der Waals surface area contributed by atoms with E-state index in [1.165, 1.54) is 0 Å². The number of rotatable bonds is 2. The van der Waals surface area contributed by atoms with Crippen molar-refractivity contribution in [3.8, 4) is 0 Å². The molecule has 0 amide bonds. The minimum atomic E-state index is -0.379. The summed E-state index contributed by atoms with van der Waals surface area (Å²) in [5.41, 5.74) is -0.272. The van der Waals surface area contributed by atoms with E-state index >= 15 is 0 Å². The molecule has 0 saturated carbocycles. The molecule has 1 aliphatic heterocycles. The molecule has 0 bridgehead atoms. The lowest BCUT2D eigenvalue weighted by molar-refractivity contribution is -0.0615. The molecule has 0 aromatic rings. The van der Waals surface area contributed by atoms with E-state index in [0.29, 0.717) is 6.54 Å². The zero-order chi connectivity index (χ0) is 9.19. The molecule has 12 heavy (non-hydrogen) atoms. The molecule has 0 aliphatic carbocycles. The fourth-order valence-electron chi connectivity index (χ4n) is 1.61. The number of β-amino-alcohol motifs (C(OH)–C–C–N with tert-alkyl or cyclic N) is 1. The summed E-state index contributed by atoms with van der Waals surface area (Å²) >= 11 is 0. The Morgan fingerprint density at radius 1 is 1.58 bits per heavy atom. The summed E-state index contributed by atoms with van der Waals surface area (Å²) in [6, 6.07) is 0. The third kappa shape index (κ3) is 1.79. The van der Waals surface area contributed by atoms with E-state index in [1.807, 2.05) is 6.92 Å². The highest BCUT2D eigenvalue weighted by Gasteiger charge is 2.37. The van der Waals surface area contributed by atoms with E-state index in [0.717, 1.165) is 19.5 Å². The van der Waals surface area contributed by atoms with E-state index in [-0.39, 0.29) is 18.1 Å². The van der Waals surface area contributed by atoms with Crippen LogP contribution in [0.4, 0.5) is 0 Å². The second kappa shape index (κ2) is 3.73. The van der Waals surface area contributed by atoms with E-state index in [9.17, 15) is 5.11 Å². The third-order valence-corrected chi connectivity index (χ3v) is 3.04. The Hall–Kier alpha value is -0.120. The van der Waals surface area contributed by atoms with Gasteiger partial charge in [-0.3, -0.25) is 0 Å². The molecule has 0 radical (unpaired) electrons. The molecule has 2 N–H and O–H groups in total. The van der Waals surface area contributed by atoms with Crippen LogP contribution in [0.5, 0.6) is 0 Å². The van der Waals surface area contributed by atoms with Crippen LogP contribution < -0.4 is 0 Å². The van der Waals surface area contributed by atoms with Crippen LogP contribution in [-0.4, -0.2) is 47.5 Å². The second-order valence-corrected chi connectivity index (χ2v) is 3.97. The maximum absolute atomic E-state index is 9.73. The van der Waals surface area contributed by atoms with Crippen LogP contribution in [0.15, 0.2) is 0 Å². The van der Waals surface area contributed by atoms with Gasteiger partial charge in [0.15, 0.2) is 0 Å². The van der Waals surface area contributed by atoms with E-state index < -0.39 is 0 Å². The number of nitrogens with zero attached hydrogens (tertiary/aromatic N) is 1. The average Bonchev–Trinajstić information content (AvgIpc) is 2.10. The molecule has 3 heteroatoms. The van der Waals surface area contributed by atoms with E-state index in [4.69, 9.17) is 5.11 Å². The van der Waals surface area contributed by atoms with Crippen molar-refractivity contribution < 1.29 is 10.2 Å². The largest absolute Gasteiger partial charge is 0.396 e. The Morgan fingerprint density at radius 2 is 2.25 bits per heavy atom. The summed E-state index contributed by atoms with van der Waals surface area (Å²) in [6.07, 6.45) is 0.509. The number of likely N-dealkylation sites (tertiary alicyclic amines) is 1. The first-order chi connectivity index (χ1) is 5.62. The zero-order valence-corrected chi connectivity index (χ0v) is 7.95. The molecule has 1 heterocycles. The maximum Gasteiger partial charge on any atom is 0.0742 e. The number of likely N-dealkylation sites (N-methyl/N-ethyl adjacent to an activating group) is 1. The number of piperidine rings is 1. The van der Waals surface area contributed by atoms with Gasteiger partial charge in [0.05, 0.1) is 12.7 Å². The van der Waals surface area contributed by atoms with Crippen LogP contribution >= 0.6 is 0 Å².